The van der Waals surface area contributed by atoms with Crippen LogP contribution < -0.4 is 14.8 Å². The number of benzene rings is 2. The molecule has 1 amide bonds. The summed E-state index contributed by atoms with van der Waals surface area (Å²) in [5.74, 6) is 6.64. The van der Waals surface area contributed by atoms with E-state index in [0.717, 1.165) is 5.56 Å². The van der Waals surface area contributed by atoms with E-state index in [0.29, 0.717) is 28.4 Å². The molecule has 5 heteroatoms. The van der Waals surface area contributed by atoms with Gasteiger partial charge < -0.3 is 14.8 Å². The van der Waals surface area contributed by atoms with Gasteiger partial charge in [-0.05, 0) is 48.4 Å². The van der Waals surface area contributed by atoms with Crippen molar-refractivity contribution < 1.29 is 14.3 Å². The second-order valence-electron chi connectivity index (χ2n) is 5.54. The molecule has 5 nitrogen and oxygen atoms in total. The van der Waals surface area contributed by atoms with Crippen LogP contribution in [0.15, 0.2) is 66.9 Å². The van der Waals surface area contributed by atoms with E-state index in [1.54, 1.807) is 36.5 Å². The number of para-hydroxylation sites is 1. The van der Waals surface area contributed by atoms with Crippen LogP contribution in [0.1, 0.15) is 21.6 Å². The minimum Gasteiger partial charge on any atom is -0.493 e. The van der Waals surface area contributed by atoms with Gasteiger partial charge >= 0.3 is 0 Å². The van der Waals surface area contributed by atoms with Crippen molar-refractivity contribution in [2.45, 2.75) is 0 Å². The highest BCUT2D eigenvalue weighted by atomic mass is 16.5. The minimum atomic E-state index is -0.291. The summed E-state index contributed by atoms with van der Waals surface area (Å²) in [7, 11) is 3.03. The first-order valence-electron chi connectivity index (χ1n) is 8.26. The molecule has 2 aromatic carbocycles. The summed E-state index contributed by atoms with van der Waals surface area (Å²) in [5.41, 5.74) is 2.49. The summed E-state index contributed by atoms with van der Waals surface area (Å²) in [5, 5.41) is 2.86. The van der Waals surface area contributed by atoms with E-state index in [1.807, 2.05) is 30.3 Å². The van der Waals surface area contributed by atoms with Crippen LogP contribution in [0.5, 0.6) is 11.5 Å². The van der Waals surface area contributed by atoms with Crippen molar-refractivity contribution in [1.29, 1.82) is 0 Å². The Kier molecular flexibility index (Phi) is 5.70. The van der Waals surface area contributed by atoms with Crippen molar-refractivity contribution in [3.63, 3.8) is 0 Å². The lowest BCUT2D eigenvalue weighted by Gasteiger charge is -2.12. The Labute approximate surface area is 158 Å². The van der Waals surface area contributed by atoms with Crippen molar-refractivity contribution in [2.75, 3.05) is 19.5 Å². The lowest BCUT2D eigenvalue weighted by molar-refractivity contribution is 0.102. The number of anilines is 1. The fraction of sp³-hybridized carbons (Fsp3) is 0.0909. The van der Waals surface area contributed by atoms with Gasteiger partial charge in [0, 0.05) is 17.4 Å². The number of nitrogens with zero attached hydrogens (tertiary/aromatic N) is 1. The van der Waals surface area contributed by atoms with Crippen LogP contribution in [0.2, 0.25) is 0 Å². The number of pyridine rings is 1. The Morgan fingerprint density at radius 1 is 0.963 bits per heavy atom. The summed E-state index contributed by atoms with van der Waals surface area (Å²) in [4.78, 5) is 16.8. The Morgan fingerprint density at radius 3 is 2.56 bits per heavy atom. The van der Waals surface area contributed by atoms with Crippen LogP contribution in [0.4, 0.5) is 5.69 Å². The normalized spacial score (nSPS) is 9.70. The Hall–Kier alpha value is -3.78. The summed E-state index contributed by atoms with van der Waals surface area (Å²) >= 11 is 0. The third kappa shape index (κ3) is 4.44. The van der Waals surface area contributed by atoms with E-state index in [4.69, 9.17) is 9.47 Å². The fourth-order valence-electron chi connectivity index (χ4n) is 2.51. The van der Waals surface area contributed by atoms with Crippen molar-refractivity contribution in [3.8, 4) is 23.3 Å². The second kappa shape index (κ2) is 8.54. The van der Waals surface area contributed by atoms with Crippen molar-refractivity contribution in [2.24, 2.45) is 0 Å². The summed E-state index contributed by atoms with van der Waals surface area (Å²) in [6, 6.07) is 18.0. The molecule has 0 unspecified atom stereocenters. The SMILES string of the molecule is COc1cccc(C(=O)Nc2cccc(C#Cc3ccccn3)c2)c1OC. The van der Waals surface area contributed by atoms with Gasteiger partial charge in [0.1, 0.15) is 5.69 Å². The van der Waals surface area contributed by atoms with Crippen LogP contribution >= 0.6 is 0 Å². The van der Waals surface area contributed by atoms with E-state index in [9.17, 15) is 4.79 Å². The average molecular weight is 358 g/mol. The van der Waals surface area contributed by atoms with E-state index in [2.05, 4.69) is 22.1 Å². The van der Waals surface area contributed by atoms with Gasteiger partial charge in [0.2, 0.25) is 0 Å². The first kappa shape index (κ1) is 18.0. The molecule has 27 heavy (non-hydrogen) atoms. The zero-order valence-corrected chi connectivity index (χ0v) is 15.0. The standard InChI is InChI=1S/C22H18N2O3/c1-26-20-11-6-10-19(21(20)27-2)22(25)24-18-9-5-7-16(15-18)12-13-17-8-3-4-14-23-17/h3-11,14-15H,1-2H3,(H,24,25). The molecule has 0 saturated heterocycles. The van der Waals surface area contributed by atoms with Crippen LogP contribution in [0.25, 0.3) is 0 Å². The molecule has 0 atom stereocenters. The van der Waals surface area contributed by atoms with Gasteiger partial charge in [-0.25, -0.2) is 4.98 Å². The maximum atomic E-state index is 12.7. The number of hydrogen-bond donors (Lipinski definition) is 1. The quantitative estimate of drug-likeness (QED) is 0.722. The second-order valence-corrected chi connectivity index (χ2v) is 5.54. The monoisotopic (exact) mass is 358 g/mol. The molecular weight excluding hydrogens is 340 g/mol. The molecule has 0 radical (unpaired) electrons. The smallest absolute Gasteiger partial charge is 0.259 e. The molecule has 0 aliphatic rings. The molecule has 1 heterocycles. The molecule has 3 rings (SSSR count). The van der Waals surface area contributed by atoms with E-state index >= 15 is 0 Å². The third-order valence-electron chi connectivity index (χ3n) is 3.77. The van der Waals surface area contributed by atoms with Crippen LogP contribution in [-0.2, 0) is 0 Å². The zero-order chi connectivity index (χ0) is 19.1. The highest BCUT2D eigenvalue weighted by Crippen LogP contribution is 2.31. The average Bonchev–Trinajstić information content (AvgIpc) is 2.72. The van der Waals surface area contributed by atoms with Gasteiger partial charge in [-0.3, -0.25) is 4.79 Å². The number of nitrogens with one attached hydrogen (secondary N) is 1. The van der Waals surface area contributed by atoms with E-state index in [1.165, 1.54) is 14.2 Å². The largest absolute Gasteiger partial charge is 0.493 e. The Balaban J connectivity index is 1.81. The fourth-order valence-corrected chi connectivity index (χ4v) is 2.51. The van der Waals surface area contributed by atoms with Crippen LogP contribution in [-0.4, -0.2) is 25.1 Å². The molecule has 1 N–H and O–H groups in total. The van der Waals surface area contributed by atoms with Crippen LogP contribution in [0, 0.1) is 11.8 Å². The van der Waals surface area contributed by atoms with Crippen molar-refractivity contribution >= 4 is 11.6 Å². The summed E-state index contributed by atoms with van der Waals surface area (Å²) < 4.78 is 10.6. The molecule has 0 aliphatic carbocycles. The number of hydrogen-bond acceptors (Lipinski definition) is 4. The third-order valence-corrected chi connectivity index (χ3v) is 3.77. The van der Waals surface area contributed by atoms with E-state index in [-0.39, 0.29) is 5.91 Å². The molecule has 3 aromatic rings. The predicted molar refractivity (Wildman–Crippen MR) is 104 cm³/mol. The number of methoxy groups -OCH3 is 2. The number of carbonyl (C=O) groups excluding carboxylic acids is 1. The Bertz CT molecular complexity index is 1000. The molecule has 0 spiro atoms. The molecular formula is C22H18N2O3. The van der Waals surface area contributed by atoms with Crippen LogP contribution in [0.3, 0.4) is 0 Å². The molecule has 0 saturated carbocycles. The summed E-state index contributed by atoms with van der Waals surface area (Å²) in [6.45, 7) is 0. The Morgan fingerprint density at radius 2 is 1.81 bits per heavy atom. The molecule has 134 valence electrons. The molecule has 0 bridgehead atoms. The number of amides is 1. The first-order chi connectivity index (χ1) is 13.2. The highest BCUT2D eigenvalue weighted by Gasteiger charge is 2.16. The maximum absolute atomic E-state index is 12.7. The maximum Gasteiger partial charge on any atom is 0.259 e. The van der Waals surface area contributed by atoms with E-state index < -0.39 is 0 Å². The first-order valence-corrected chi connectivity index (χ1v) is 8.26. The van der Waals surface area contributed by atoms with Crippen molar-refractivity contribution in [1.82, 2.24) is 4.98 Å². The van der Waals surface area contributed by atoms with Gasteiger partial charge in [0.15, 0.2) is 11.5 Å². The van der Waals surface area contributed by atoms with Gasteiger partial charge in [-0.1, -0.05) is 24.1 Å². The molecule has 0 aliphatic heterocycles. The summed E-state index contributed by atoms with van der Waals surface area (Å²) in [6.07, 6.45) is 1.70. The van der Waals surface area contributed by atoms with Gasteiger partial charge in [-0.15, -0.1) is 0 Å². The topological polar surface area (TPSA) is 60.5 Å². The molecule has 1 aromatic heterocycles. The number of aromatic nitrogens is 1. The lowest BCUT2D eigenvalue weighted by Crippen LogP contribution is -2.13. The zero-order valence-electron chi connectivity index (χ0n) is 15.0. The number of ether oxygens (including phenoxy) is 2. The lowest BCUT2D eigenvalue weighted by atomic mass is 10.1. The minimum absolute atomic E-state index is 0.291. The number of carbonyl (C=O) groups is 1. The van der Waals surface area contributed by atoms with Crippen molar-refractivity contribution in [3.05, 3.63) is 83.7 Å². The van der Waals surface area contributed by atoms with Gasteiger partial charge in [0.25, 0.3) is 5.91 Å². The predicted octanol–water partition coefficient (Wildman–Crippen LogP) is 3.75. The van der Waals surface area contributed by atoms with Gasteiger partial charge in [-0.2, -0.15) is 0 Å². The highest BCUT2D eigenvalue weighted by molar-refractivity contribution is 6.06. The van der Waals surface area contributed by atoms with Gasteiger partial charge in [0.05, 0.1) is 19.8 Å². The molecule has 0 fully saturated rings. The number of rotatable bonds is 4.